The molecule has 1 aliphatic heterocycles. The predicted molar refractivity (Wildman–Crippen MR) is 118 cm³/mol. The van der Waals surface area contributed by atoms with Crippen LogP contribution in [-0.2, 0) is 11.3 Å². The molecule has 0 radical (unpaired) electrons. The summed E-state index contributed by atoms with van der Waals surface area (Å²) in [5, 5.41) is 0. The Morgan fingerprint density at radius 2 is 1.73 bits per heavy atom. The molecular formula is C25H26N2O3. The van der Waals surface area contributed by atoms with E-state index in [0.29, 0.717) is 13.2 Å². The monoisotopic (exact) mass is 402 g/mol. The molecule has 4 rings (SSSR count). The van der Waals surface area contributed by atoms with Gasteiger partial charge in [-0.1, -0.05) is 60.7 Å². The van der Waals surface area contributed by atoms with E-state index >= 15 is 0 Å². The van der Waals surface area contributed by atoms with Crippen molar-refractivity contribution < 1.29 is 14.3 Å². The van der Waals surface area contributed by atoms with Gasteiger partial charge in [0.05, 0.1) is 25.4 Å². The van der Waals surface area contributed by atoms with Gasteiger partial charge in [-0.05, 0) is 30.8 Å². The van der Waals surface area contributed by atoms with E-state index in [1.807, 2.05) is 95.7 Å². The van der Waals surface area contributed by atoms with Crippen LogP contribution in [0.1, 0.15) is 17.2 Å². The molecule has 30 heavy (non-hydrogen) atoms. The summed E-state index contributed by atoms with van der Waals surface area (Å²) in [7, 11) is 3.62. The molecule has 1 amide bonds. The number of likely N-dealkylation sites (N-methyl/N-ethyl adjacent to an activating group) is 1. The summed E-state index contributed by atoms with van der Waals surface area (Å²) in [6, 6.07) is 25.5. The quantitative estimate of drug-likeness (QED) is 0.617. The second-order valence-electron chi connectivity index (χ2n) is 7.45. The number of methoxy groups -OCH3 is 1. The summed E-state index contributed by atoms with van der Waals surface area (Å²) < 4.78 is 11.4. The first-order valence-electron chi connectivity index (χ1n) is 10.1. The molecule has 154 valence electrons. The van der Waals surface area contributed by atoms with Crippen molar-refractivity contribution in [2.24, 2.45) is 0 Å². The Morgan fingerprint density at radius 1 is 1.03 bits per heavy atom. The van der Waals surface area contributed by atoms with Crippen LogP contribution in [0.15, 0.2) is 78.9 Å². The third-order valence-corrected chi connectivity index (χ3v) is 5.32. The first-order chi connectivity index (χ1) is 14.7. The molecule has 1 heterocycles. The van der Waals surface area contributed by atoms with E-state index in [1.54, 1.807) is 7.11 Å². The van der Waals surface area contributed by atoms with Crippen LogP contribution in [0, 0.1) is 0 Å². The van der Waals surface area contributed by atoms with Crippen LogP contribution >= 0.6 is 0 Å². The average molecular weight is 402 g/mol. The fourth-order valence-corrected chi connectivity index (χ4v) is 3.91. The Hall–Kier alpha value is -3.31. The molecule has 0 aromatic heterocycles. The average Bonchev–Trinajstić information content (AvgIpc) is 2.79. The van der Waals surface area contributed by atoms with Gasteiger partial charge in [0.25, 0.3) is 0 Å². The molecule has 5 heteroatoms. The summed E-state index contributed by atoms with van der Waals surface area (Å²) in [5.41, 5.74) is 2.93. The van der Waals surface area contributed by atoms with E-state index in [2.05, 4.69) is 0 Å². The number of rotatable bonds is 6. The second-order valence-corrected chi connectivity index (χ2v) is 7.45. The van der Waals surface area contributed by atoms with Crippen LogP contribution in [0.4, 0.5) is 5.69 Å². The van der Waals surface area contributed by atoms with Gasteiger partial charge in [-0.2, -0.15) is 0 Å². The molecule has 5 nitrogen and oxygen atoms in total. The van der Waals surface area contributed by atoms with Crippen molar-refractivity contribution in [2.45, 2.75) is 12.6 Å². The van der Waals surface area contributed by atoms with E-state index in [-0.39, 0.29) is 18.5 Å². The maximum absolute atomic E-state index is 13.5. The molecule has 3 aromatic carbocycles. The van der Waals surface area contributed by atoms with Crippen molar-refractivity contribution >= 4 is 11.6 Å². The lowest BCUT2D eigenvalue weighted by molar-refractivity contribution is -0.120. The first-order valence-corrected chi connectivity index (χ1v) is 10.1. The molecule has 1 aliphatic rings. The molecule has 1 unspecified atom stereocenters. The highest BCUT2D eigenvalue weighted by molar-refractivity contribution is 5.97. The summed E-state index contributed by atoms with van der Waals surface area (Å²) in [6.07, 6.45) is 0. The number of hydrogen-bond acceptors (Lipinski definition) is 4. The number of carbonyl (C=O) groups is 1. The second kappa shape index (κ2) is 9.01. The summed E-state index contributed by atoms with van der Waals surface area (Å²) >= 11 is 0. The van der Waals surface area contributed by atoms with Gasteiger partial charge in [0, 0.05) is 12.1 Å². The zero-order valence-corrected chi connectivity index (χ0v) is 17.3. The molecule has 0 saturated heterocycles. The number of hydrogen-bond donors (Lipinski definition) is 0. The smallest absolute Gasteiger partial charge is 0.241 e. The van der Waals surface area contributed by atoms with Crippen molar-refractivity contribution in [2.75, 3.05) is 32.2 Å². The highest BCUT2D eigenvalue weighted by Gasteiger charge is 2.33. The topological polar surface area (TPSA) is 42.0 Å². The number of nitrogens with zero attached hydrogens (tertiary/aromatic N) is 2. The van der Waals surface area contributed by atoms with Crippen molar-refractivity contribution in [3.05, 3.63) is 90.0 Å². The maximum atomic E-state index is 13.5. The summed E-state index contributed by atoms with van der Waals surface area (Å²) in [6.45, 7) is 1.34. The van der Waals surface area contributed by atoms with E-state index in [0.717, 1.165) is 28.3 Å². The molecule has 1 atom stereocenters. The van der Waals surface area contributed by atoms with Crippen LogP contribution in [0.5, 0.6) is 11.5 Å². The lowest BCUT2D eigenvalue weighted by Crippen LogP contribution is -2.45. The van der Waals surface area contributed by atoms with E-state index in [4.69, 9.17) is 9.47 Å². The van der Waals surface area contributed by atoms with E-state index in [9.17, 15) is 4.79 Å². The molecule has 0 bridgehead atoms. The van der Waals surface area contributed by atoms with Gasteiger partial charge in [0.15, 0.2) is 0 Å². The largest absolute Gasteiger partial charge is 0.496 e. The maximum Gasteiger partial charge on any atom is 0.241 e. The lowest BCUT2D eigenvalue weighted by Gasteiger charge is -2.38. The van der Waals surface area contributed by atoms with Crippen LogP contribution in [-0.4, -0.2) is 38.1 Å². The lowest BCUT2D eigenvalue weighted by atomic mass is 10.0. The van der Waals surface area contributed by atoms with Crippen LogP contribution in [0.2, 0.25) is 0 Å². The summed E-state index contributed by atoms with van der Waals surface area (Å²) in [4.78, 5) is 17.4. The Bertz CT molecular complexity index is 1010. The Balaban J connectivity index is 1.58. The molecule has 0 N–H and O–H groups in total. The van der Waals surface area contributed by atoms with Crippen LogP contribution in [0.3, 0.4) is 0 Å². The molecule has 0 saturated carbocycles. The normalized spacial score (nSPS) is 15.4. The van der Waals surface area contributed by atoms with Gasteiger partial charge < -0.3 is 9.47 Å². The zero-order valence-electron chi connectivity index (χ0n) is 17.3. The Kier molecular flexibility index (Phi) is 6.00. The third kappa shape index (κ3) is 4.16. The first kappa shape index (κ1) is 20.0. The predicted octanol–water partition coefficient (Wildman–Crippen LogP) is 4.29. The fraction of sp³-hybridized carbons (Fsp3) is 0.240. The minimum absolute atomic E-state index is 0.0389. The van der Waals surface area contributed by atoms with Crippen molar-refractivity contribution in [3.8, 4) is 11.5 Å². The Morgan fingerprint density at radius 3 is 2.53 bits per heavy atom. The number of benzene rings is 3. The van der Waals surface area contributed by atoms with E-state index in [1.165, 1.54) is 0 Å². The van der Waals surface area contributed by atoms with Crippen LogP contribution in [0.25, 0.3) is 0 Å². The van der Waals surface area contributed by atoms with Gasteiger partial charge >= 0.3 is 0 Å². The Labute approximate surface area is 177 Å². The van der Waals surface area contributed by atoms with Gasteiger partial charge in [-0.25, -0.2) is 0 Å². The van der Waals surface area contributed by atoms with Gasteiger partial charge in [-0.3, -0.25) is 14.6 Å². The molecule has 0 spiro atoms. The number of fused-ring (bicyclic) bond motifs is 1. The van der Waals surface area contributed by atoms with Crippen molar-refractivity contribution in [1.82, 2.24) is 4.90 Å². The van der Waals surface area contributed by atoms with Crippen molar-refractivity contribution in [3.63, 3.8) is 0 Å². The summed E-state index contributed by atoms with van der Waals surface area (Å²) in [5.74, 6) is 1.61. The number of anilines is 1. The number of ether oxygens (including phenoxy) is 2. The minimum Gasteiger partial charge on any atom is -0.496 e. The molecule has 0 aliphatic carbocycles. The standard InChI is InChI=1S/C25H26N2O3/c1-26(16-20-12-6-8-14-23(20)29-2)17-25(28)27-21-13-7-9-15-24(21)30-18-22(27)19-10-4-3-5-11-19/h3-15,22H,16-18H2,1-2H3. The van der Waals surface area contributed by atoms with Gasteiger partial charge in [0.2, 0.25) is 5.91 Å². The van der Waals surface area contributed by atoms with Crippen molar-refractivity contribution in [1.29, 1.82) is 0 Å². The highest BCUT2D eigenvalue weighted by Crippen LogP contribution is 2.39. The number of para-hydroxylation sites is 3. The molecule has 0 fully saturated rings. The minimum atomic E-state index is -0.159. The zero-order chi connectivity index (χ0) is 20.9. The number of amides is 1. The van der Waals surface area contributed by atoms with Gasteiger partial charge in [-0.15, -0.1) is 0 Å². The SMILES string of the molecule is COc1ccccc1CN(C)CC(=O)N1c2ccccc2OCC1c1ccccc1. The van der Waals surface area contributed by atoms with Crippen LogP contribution < -0.4 is 14.4 Å². The highest BCUT2D eigenvalue weighted by atomic mass is 16.5. The van der Waals surface area contributed by atoms with Gasteiger partial charge in [0.1, 0.15) is 18.1 Å². The fourth-order valence-electron chi connectivity index (χ4n) is 3.91. The number of carbonyl (C=O) groups excluding carboxylic acids is 1. The third-order valence-electron chi connectivity index (χ3n) is 5.32. The van der Waals surface area contributed by atoms with E-state index < -0.39 is 0 Å². The molecule has 3 aromatic rings. The molecular weight excluding hydrogens is 376 g/mol.